The fourth-order valence-electron chi connectivity index (χ4n) is 1.72. The van der Waals surface area contributed by atoms with Crippen LogP contribution in [0.25, 0.3) is 11.1 Å². The maximum absolute atomic E-state index is 11.6. The number of hydrogen-bond acceptors (Lipinski definition) is 2. The molecular formula is C16H16N2O. The molecule has 0 fully saturated rings. The number of carbonyl (C=O) groups excluding carboxylic acids is 1. The minimum atomic E-state index is -0.223. The highest BCUT2D eigenvalue weighted by Gasteiger charge is 2.07. The van der Waals surface area contributed by atoms with E-state index in [0.717, 1.165) is 11.1 Å². The Morgan fingerprint density at radius 1 is 1.11 bits per heavy atom. The molecule has 3 N–H and O–H groups in total. The van der Waals surface area contributed by atoms with Crippen molar-refractivity contribution in [1.29, 1.82) is 0 Å². The van der Waals surface area contributed by atoms with Gasteiger partial charge in [-0.1, -0.05) is 43.0 Å². The van der Waals surface area contributed by atoms with Crippen molar-refractivity contribution in [3.05, 3.63) is 60.7 Å². The summed E-state index contributed by atoms with van der Waals surface area (Å²) in [5, 5.41) is 2.72. The fourth-order valence-corrected chi connectivity index (χ4v) is 1.72. The Labute approximate surface area is 112 Å². The average Bonchev–Trinajstić information content (AvgIpc) is 2.41. The first kappa shape index (κ1) is 12.9. The Morgan fingerprint density at radius 2 is 1.79 bits per heavy atom. The van der Waals surface area contributed by atoms with E-state index in [-0.39, 0.29) is 5.91 Å². The van der Waals surface area contributed by atoms with Crippen LogP contribution in [0.2, 0.25) is 0 Å². The van der Waals surface area contributed by atoms with Gasteiger partial charge in [0.1, 0.15) is 0 Å². The third-order valence-electron chi connectivity index (χ3n) is 2.79. The minimum absolute atomic E-state index is 0.223. The molecule has 0 spiro atoms. The predicted molar refractivity (Wildman–Crippen MR) is 79.7 cm³/mol. The van der Waals surface area contributed by atoms with Gasteiger partial charge < -0.3 is 11.1 Å². The SMILES string of the molecule is C=C(C)C(=O)Nc1ccc(-c2ccccc2)cc1N. The largest absolute Gasteiger partial charge is 0.397 e. The Bertz CT molecular complexity index is 618. The molecule has 0 aliphatic carbocycles. The first-order valence-corrected chi connectivity index (χ1v) is 6.00. The summed E-state index contributed by atoms with van der Waals surface area (Å²) in [6.07, 6.45) is 0. The lowest BCUT2D eigenvalue weighted by Gasteiger charge is -2.10. The summed E-state index contributed by atoms with van der Waals surface area (Å²) in [7, 11) is 0. The van der Waals surface area contributed by atoms with Crippen LogP contribution in [0, 0.1) is 0 Å². The molecule has 0 heterocycles. The van der Waals surface area contributed by atoms with E-state index in [0.29, 0.717) is 16.9 Å². The van der Waals surface area contributed by atoms with Gasteiger partial charge in [-0.3, -0.25) is 4.79 Å². The van der Waals surface area contributed by atoms with Crippen molar-refractivity contribution >= 4 is 17.3 Å². The molecule has 0 bridgehead atoms. The summed E-state index contributed by atoms with van der Waals surface area (Å²) in [6.45, 7) is 5.25. The second-order valence-corrected chi connectivity index (χ2v) is 4.40. The molecule has 0 aliphatic rings. The molecule has 1 amide bonds. The van der Waals surface area contributed by atoms with Crippen LogP contribution in [-0.2, 0) is 4.79 Å². The van der Waals surface area contributed by atoms with E-state index in [1.54, 1.807) is 13.0 Å². The first-order chi connectivity index (χ1) is 9.08. The number of nitrogen functional groups attached to an aromatic ring is 1. The van der Waals surface area contributed by atoms with E-state index in [4.69, 9.17) is 5.73 Å². The van der Waals surface area contributed by atoms with Crippen LogP contribution >= 0.6 is 0 Å². The molecule has 2 rings (SSSR count). The van der Waals surface area contributed by atoms with Crippen molar-refractivity contribution in [3.8, 4) is 11.1 Å². The number of nitrogens with one attached hydrogen (secondary N) is 1. The normalized spacial score (nSPS) is 9.95. The van der Waals surface area contributed by atoms with E-state index >= 15 is 0 Å². The molecule has 3 heteroatoms. The van der Waals surface area contributed by atoms with E-state index < -0.39 is 0 Å². The number of nitrogens with two attached hydrogens (primary N) is 1. The number of rotatable bonds is 3. The average molecular weight is 252 g/mol. The van der Waals surface area contributed by atoms with E-state index in [2.05, 4.69) is 11.9 Å². The summed E-state index contributed by atoms with van der Waals surface area (Å²) in [4.78, 5) is 11.6. The zero-order chi connectivity index (χ0) is 13.8. The summed E-state index contributed by atoms with van der Waals surface area (Å²) in [5.41, 5.74) is 9.67. The van der Waals surface area contributed by atoms with Crippen LogP contribution in [0.5, 0.6) is 0 Å². The van der Waals surface area contributed by atoms with Crippen LogP contribution in [0.3, 0.4) is 0 Å². The minimum Gasteiger partial charge on any atom is -0.397 e. The first-order valence-electron chi connectivity index (χ1n) is 6.00. The molecule has 19 heavy (non-hydrogen) atoms. The molecule has 0 atom stereocenters. The quantitative estimate of drug-likeness (QED) is 0.649. The monoisotopic (exact) mass is 252 g/mol. The van der Waals surface area contributed by atoms with Gasteiger partial charge in [0, 0.05) is 5.57 Å². The number of anilines is 2. The van der Waals surface area contributed by atoms with Gasteiger partial charge in [-0.15, -0.1) is 0 Å². The van der Waals surface area contributed by atoms with Crippen molar-refractivity contribution in [2.45, 2.75) is 6.92 Å². The second kappa shape index (κ2) is 5.40. The van der Waals surface area contributed by atoms with Crippen molar-refractivity contribution in [1.82, 2.24) is 0 Å². The lowest BCUT2D eigenvalue weighted by molar-refractivity contribution is -0.112. The Hall–Kier alpha value is -2.55. The van der Waals surface area contributed by atoms with Gasteiger partial charge in [-0.05, 0) is 30.2 Å². The van der Waals surface area contributed by atoms with Gasteiger partial charge in [0.2, 0.25) is 0 Å². The van der Waals surface area contributed by atoms with Gasteiger partial charge in [0.25, 0.3) is 5.91 Å². The highest BCUT2D eigenvalue weighted by Crippen LogP contribution is 2.27. The number of benzene rings is 2. The molecule has 0 radical (unpaired) electrons. The van der Waals surface area contributed by atoms with Crippen LogP contribution in [-0.4, -0.2) is 5.91 Å². The molecule has 96 valence electrons. The van der Waals surface area contributed by atoms with Gasteiger partial charge in [-0.25, -0.2) is 0 Å². The molecule has 2 aromatic rings. The third-order valence-corrected chi connectivity index (χ3v) is 2.79. The Balaban J connectivity index is 2.28. The van der Waals surface area contributed by atoms with E-state index in [9.17, 15) is 4.79 Å². The maximum Gasteiger partial charge on any atom is 0.250 e. The lowest BCUT2D eigenvalue weighted by atomic mass is 10.0. The summed E-state index contributed by atoms with van der Waals surface area (Å²) >= 11 is 0. The smallest absolute Gasteiger partial charge is 0.250 e. The van der Waals surface area contributed by atoms with E-state index in [1.165, 1.54) is 0 Å². The molecule has 2 aromatic carbocycles. The zero-order valence-corrected chi connectivity index (χ0v) is 10.8. The highest BCUT2D eigenvalue weighted by molar-refractivity contribution is 6.04. The topological polar surface area (TPSA) is 55.1 Å². The van der Waals surface area contributed by atoms with Crippen molar-refractivity contribution < 1.29 is 4.79 Å². The molecule has 0 aliphatic heterocycles. The van der Waals surface area contributed by atoms with Gasteiger partial charge >= 0.3 is 0 Å². The number of amides is 1. The highest BCUT2D eigenvalue weighted by atomic mass is 16.1. The molecule has 0 saturated carbocycles. The molecular weight excluding hydrogens is 236 g/mol. The fraction of sp³-hybridized carbons (Fsp3) is 0.0625. The second-order valence-electron chi connectivity index (χ2n) is 4.40. The Kier molecular flexibility index (Phi) is 3.66. The summed E-state index contributed by atoms with van der Waals surface area (Å²) in [5.74, 6) is -0.223. The van der Waals surface area contributed by atoms with Crippen LogP contribution < -0.4 is 11.1 Å². The van der Waals surface area contributed by atoms with Gasteiger partial charge in [0.05, 0.1) is 11.4 Å². The maximum atomic E-state index is 11.6. The molecule has 0 aromatic heterocycles. The van der Waals surface area contributed by atoms with Gasteiger partial charge in [-0.2, -0.15) is 0 Å². The van der Waals surface area contributed by atoms with Crippen molar-refractivity contribution in [2.24, 2.45) is 0 Å². The number of carbonyl (C=O) groups is 1. The van der Waals surface area contributed by atoms with Crippen LogP contribution in [0.1, 0.15) is 6.92 Å². The zero-order valence-electron chi connectivity index (χ0n) is 10.8. The lowest BCUT2D eigenvalue weighted by Crippen LogP contribution is -2.13. The predicted octanol–water partition coefficient (Wildman–Crippen LogP) is 3.45. The van der Waals surface area contributed by atoms with Crippen molar-refractivity contribution in [2.75, 3.05) is 11.1 Å². The Morgan fingerprint density at radius 3 is 2.37 bits per heavy atom. The van der Waals surface area contributed by atoms with Crippen LogP contribution in [0.15, 0.2) is 60.7 Å². The number of hydrogen-bond donors (Lipinski definition) is 2. The molecule has 0 unspecified atom stereocenters. The summed E-state index contributed by atoms with van der Waals surface area (Å²) in [6, 6.07) is 15.5. The van der Waals surface area contributed by atoms with Gasteiger partial charge in [0.15, 0.2) is 0 Å². The third kappa shape index (κ3) is 3.01. The van der Waals surface area contributed by atoms with Crippen LogP contribution in [0.4, 0.5) is 11.4 Å². The van der Waals surface area contributed by atoms with Crippen molar-refractivity contribution in [3.63, 3.8) is 0 Å². The molecule has 3 nitrogen and oxygen atoms in total. The standard InChI is InChI=1S/C16H16N2O/c1-11(2)16(19)18-15-9-8-13(10-14(15)17)12-6-4-3-5-7-12/h3-10H,1,17H2,2H3,(H,18,19). The van der Waals surface area contributed by atoms with E-state index in [1.807, 2.05) is 42.5 Å². The summed E-state index contributed by atoms with van der Waals surface area (Å²) < 4.78 is 0. The molecule has 0 saturated heterocycles.